The molecule has 0 aliphatic heterocycles. The topological polar surface area (TPSA) is 88.0 Å². The van der Waals surface area contributed by atoms with Crippen molar-refractivity contribution >= 4 is 5.91 Å². The van der Waals surface area contributed by atoms with Crippen LogP contribution < -0.4 is 4.74 Å². The first kappa shape index (κ1) is 9.02. The molecule has 0 fully saturated rings. The van der Waals surface area contributed by atoms with Crippen LogP contribution in [-0.4, -0.2) is 18.0 Å². The molecule has 0 bridgehead atoms. The van der Waals surface area contributed by atoms with Gasteiger partial charge in [-0.1, -0.05) is 0 Å². The summed E-state index contributed by atoms with van der Waals surface area (Å²) in [4.78, 5) is 17.2. The zero-order valence-electron chi connectivity index (χ0n) is 6.84. The Bertz CT molecular complexity index is 371. The molecule has 1 amide bonds. The van der Waals surface area contributed by atoms with E-state index in [0.717, 1.165) is 0 Å². The van der Waals surface area contributed by atoms with Gasteiger partial charge in [0.1, 0.15) is 5.75 Å². The second kappa shape index (κ2) is 4.08. The summed E-state index contributed by atoms with van der Waals surface area (Å²) >= 11 is 0. The Morgan fingerprint density at radius 2 is 2.54 bits per heavy atom. The van der Waals surface area contributed by atoms with E-state index in [2.05, 4.69) is 15.0 Å². The molecule has 6 heteroatoms. The quantitative estimate of drug-likeness (QED) is 0.391. The number of carbonyl (C=O) groups is 1. The Morgan fingerprint density at radius 1 is 1.77 bits per heavy atom. The number of methoxy groups -OCH3 is 1. The van der Waals surface area contributed by atoms with Crippen LogP contribution in [0, 0.1) is 0 Å². The third-order valence-corrected chi connectivity index (χ3v) is 1.33. The molecule has 0 atom stereocenters. The molecule has 0 unspecified atom stereocenters. The highest BCUT2D eigenvalue weighted by atomic mass is 16.5. The Labute approximate surface area is 73.8 Å². The van der Waals surface area contributed by atoms with Crippen LogP contribution >= 0.6 is 0 Å². The lowest BCUT2D eigenvalue weighted by Crippen LogP contribution is -2.00. The van der Waals surface area contributed by atoms with Crippen molar-refractivity contribution in [1.82, 2.24) is 4.98 Å². The van der Waals surface area contributed by atoms with E-state index in [-0.39, 0.29) is 5.69 Å². The fraction of sp³-hybridized carbons (Fsp3) is 0.143. The van der Waals surface area contributed by atoms with E-state index < -0.39 is 5.91 Å². The van der Waals surface area contributed by atoms with Crippen LogP contribution in [0.3, 0.4) is 0 Å². The van der Waals surface area contributed by atoms with Gasteiger partial charge in [0, 0.05) is 11.1 Å². The molecule has 0 saturated heterocycles. The van der Waals surface area contributed by atoms with Crippen LogP contribution in [0.15, 0.2) is 23.4 Å². The van der Waals surface area contributed by atoms with Gasteiger partial charge in [0.2, 0.25) is 0 Å². The van der Waals surface area contributed by atoms with Gasteiger partial charge in [-0.2, -0.15) is 0 Å². The van der Waals surface area contributed by atoms with Gasteiger partial charge in [-0.15, -0.1) is 0 Å². The molecule has 0 spiro atoms. The Kier molecular flexibility index (Phi) is 2.83. The molecule has 0 saturated carbocycles. The number of amides is 1. The summed E-state index contributed by atoms with van der Waals surface area (Å²) in [6.07, 6.45) is 1.42. The van der Waals surface area contributed by atoms with Crippen molar-refractivity contribution in [3.8, 4) is 5.75 Å². The van der Waals surface area contributed by atoms with Crippen molar-refractivity contribution in [2.45, 2.75) is 0 Å². The minimum Gasteiger partial charge on any atom is -0.494 e. The average Bonchev–Trinajstić information content (AvgIpc) is 2.18. The van der Waals surface area contributed by atoms with Crippen LogP contribution in [0.4, 0.5) is 0 Å². The summed E-state index contributed by atoms with van der Waals surface area (Å²) in [5.41, 5.74) is 8.05. The van der Waals surface area contributed by atoms with Gasteiger partial charge in [-0.3, -0.25) is 4.79 Å². The maximum Gasteiger partial charge on any atom is 0.271 e. The summed E-state index contributed by atoms with van der Waals surface area (Å²) in [6, 6.07) is 3.18. The smallest absolute Gasteiger partial charge is 0.271 e. The van der Waals surface area contributed by atoms with Gasteiger partial charge < -0.3 is 4.74 Å². The standard InChI is InChI=1S/C7H6N4O2/c1-13-5-3-2-4-9-6(5)7(12)10-11-8/h2-4H,1H3. The van der Waals surface area contributed by atoms with Crippen molar-refractivity contribution in [3.05, 3.63) is 34.5 Å². The first-order chi connectivity index (χ1) is 6.29. The van der Waals surface area contributed by atoms with Crippen LogP contribution in [0.2, 0.25) is 0 Å². The summed E-state index contributed by atoms with van der Waals surface area (Å²) < 4.78 is 4.85. The lowest BCUT2D eigenvalue weighted by molar-refractivity contribution is 0.0992. The molecule has 66 valence electrons. The Morgan fingerprint density at radius 3 is 3.15 bits per heavy atom. The molecular weight excluding hydrogens is 172 g/mol. The average molecular weight is 178 g/mol. The number of azide groups is 1. The molecule has 0 aromatic carbocycles. The molecule has 1 rings (SSSR count). The van der Waals surface area contributed by atoms with Crippen LogP contribution in [-0.2, 0) is 0 Å². The molecule has 1 aromatic heterocycles. The van der Waals surface area contributed by atoms with E-state index in [1.54, 1.807) is 12.1 Å². The fourth-order valence-electron chi connectivity index (χ4n) is 0.804. The van der Waals surface area contributed by atoms with Crippen molar-refractivity contribution < 1.29 is 9.53 Å². The number of rotatable bonds is 2. The van der Waals surface area contributed by atoms with E-state index in [0.29, 0.717) is 5.75 Å². The third kappa shape index (κ3) is 1.94. The largest absolute Gasteiger partial charge is 0.494 e. The molecule has 0 aliphatic rings. The fourth-order valence-corrected chi connectivity index (χ4v) is 0.804. The van der Waals surface area contributed by atoms with E-state index in [1.165, 1.54) is 13.3 Å². The molecule has 13 heavy (non-hydrogen) atoms. The van der Waals surface area contributed by atoms with Gasteiger partial charge in [0.25, 0.3) is 5.91 Å². The van der Waals surface area contributed by atoms with Gasteiger partial charge in [0.15, 0.2) is 5.69 Å². The van der Waals surface area contributed by atoms with Crippen LogP contribution in [0.5, 0.6) is 5.75 Å². The number of nitrogens with zero attached hydrogens (tertiary/aromatic N) is 4. The molecule has 6 nitrogen and oxygen atoms in total. The third-order valence-electron chi connectivity index (χ3n) is 1.33. The van der Waals surface area contributed by atoms with Crippen LogP contribution in [0.1, 0.15) is 10.5 Å². The monoisotopic (exact) mass is 178 g/mol. The minimum absolute atomic E-state index is 0.0165. The van der Waals surface area contributed by atoms with Crippen molar-refractivity contribution in [3.63, 3.8) is 0 Å². The summed E-state index contributed by atoms with van der Waals surface area (Å²) in [5, 5.41) is 2.90. The maximum atomic E-state index is 11.1. The summed E-state index contributed by atoms with van der Waals surface area (Å²) in [7, 11) is 1.41. The molecule has 0 aliphatic carbocycles. The highest BCUT2D eigenvalue weighted by Gasteiger charge is 2.10. The lowest BCUT2D eigenvalue weighted by Gasteiger charge is -2.01. The highest BCUT2D eigenvalue weighted by molar-refractivity contribution is 5.95. The minimum atomic E-state index is -0.750. The summed E-state index contributed by atoms with van der Waals surface area (Å²) in [6.45, 7) is 0. The number of ether oxygens (including phenoxy) is 1. The SMILES string of the molecule is COc1cccnc1C(=O)N=[N+]=[N-]. The second-order valence-electron chi connectivity index (χ2n) is 2.05. The zero-order chi connectivity index (χ0) is 9.68. The van der Waals surface area contributed by atoms with Gasteiger partial charge >= 0.3 is 0 Å². The summed E-state index contributed by atoms with van der Waals surface area (Å²) in [5.74, 6) is -0.458. The van der Waals surface area contributed by atoms with Crippen molar-refractivity contribution in [2.75, 3.05) is 7.11 Å². The zero-order valence-corrected chi connectivity index (χ0v) is 6.84. The number of hydrogen-bond acceptors (Lipinski definition) is 3. The van der Waals surface area contributed by atoms with E-state index in [4.69, 9.17) is 10.3 Å². The molecule has 1 heterocycles. The number of aromatic nitrogens is 1. The molecule has 0 N–H and O–H groups in total. The van der Waals surface area contributed by atoms with Gasteiger partial charge in [-0.05, 0) is 22.8 Å². The Balaban J connectivity index is 3.12. The van der Waals surface area contributed by atoms with Gasteiger partial charge in [0.05, 0.1) is 7.11 Å². The predicted octanol–water partition coefficient (Wildman–Crippen LogP) is 1.54. The first-order valence-corrected chi connectivity index (χ1v) is 3.38. The van der Waals surface area contributed by atoms with E-state index >= 15 is 0 Å². The Hall–Kier alpha value is -2.07. The van der Waals surface area contributed by atoms with E-state index in [9.17, 15) is 4.79 Å². The number of pyridine rings is 1. The lowest BCUT2D eigenvalue weighted by atomic mass is 10.3. The highest BCUT2D eigenvalue weighted by Crippen LogP contribution is 2.15. The normalized spacial score (nSPS) is 8.69. The second-order valence-corrected chi connectivity index (χ2v) is 2.05. The van der Waals surface area contributed by atoms with Gasteiger partial charge in [-0.25, -0.2) is 4.98 Å². The van der Waals surface area contributed by atoms with Crippen molar-refractivity contribution in [1.29, 1.82) is 0 Å². The predicted molar refractivity (Wildman–Crippen MR) is 44.3 cm³/mol. The maximum absolute atomic E-state index is 11.1. The van der Waals surface area contributed by atoms with Crippen molar-refractivity contribution in [2.24, 2.45) is 5.11 Å². The molecule has 0 radical (unpaired) electrons. The van der Waals surface area contributed by atoms with Crippen LogP contribution in [0.25, 0.3) is 10.4 Å². The number of hydrogen-bond donors (Lipinski definition) is 0. The molecule has 1 aromatic rings. The van der Waals surface area contributed by atoms with E-state index in [1.807, 2.05) is 0 Å². The molecular formula is C7H6N4O2. The number of carbonyl (C=O) groups excluding carboxylic acids is 1. The first-order valence-electron chi connectivity index (χ1n) is 3.38.